The molecule has 1 aliphatic heterocycles. The van der Waals surface area contributed by atoms with Gasteiger partial charge in [-0.25, -0.2) is 0 Å². The van der Waals surface area contributed by atoms with Crippen molar-refractivity contribution in [3.8, 4) is 11.5 Å². The minimum atomic E-state index is -0.548. The molecule has 0 spiro atoms. The number of likely N-dealkylation sites (tertiary alicyclic amines) is 1. The minimum Gasteiger partial charge on any atom is -0.497 e. The monoisotopic (exact) mass is 321 g/mol. The summed E-state index contributed by atoms with van der Waals surface area (Å²) in [6.45, 7) is 0.917. The van der Waals surface area contributed by atoms with Crippen LogP contribution in [0.3, 0.4) is 0 Å². The van der Waals surface area contributed by atoms with Crippen molar-refractivity contribution in [2.24, 2.45) is 5.73 Å². The molecular formula is C16H23N3O4. The van der Waals surface area contributed by atoms with Gasteiger partial charge in [0.15, 0.2) is 0 Å². The van der Waals surface area contributed by atoms with Crippen LogP contribution < -0.4 is 20.5 Å². The van der Waals surface area contributed by atoms with Crippen LogP contribution in [0.15, 0.2) is 18.2 Å². The third-order valence-electron chi connectivity index (χ3n) is 3.97. The molecule has 0 aromatic heterocycles. The van der Waals surface area contributed by atoms with E-state index in [2.05, 4.69) is 10.2 Å². The highest BCUT2D eigenvalue weighted by Crippen LogP contribution is 2.38. The Hall–Kier alpha value is -2.28. The lowest BCUT2D eigenvalue weighted by Gasteiger charge is -2.25. The van der Waals surface area contributed by atoms with Gasteiger partial charge in [0.2, 0.25) is 11.8 Å². The number of nitrogens with zero attached hydrogens (tertiary/aromatic N) is 1. The summed E-state index contributed by atoms with van der Waals surface area (Å²) >= 11 is 0. The number of rotatable bonds is 7. The maximum atomic E-state index is 11.9. The van der Waals surface area contributed by atoms with Crippen molar-refractivity contribution in [3.05, 3.63) is 23.8 Å². The van der Waals surface area contributed by atoms with Crippen molar-refractivity contribution < 1.29 is 19.1 Å². The quantitative estimate of drug-likeness (QED) is 0.760. The van der Waals surface area contributed by atoms with Crippen molar-refractivity contribution in [3.63, 3.8) is 0 Å². The fourth-order valence-corrected chi connectivity index (χ4v) is 2.89. The van der Waals surface area contributed by atoms with Gasteiger partial charge >= 0.3 is 0 Å². The molecule has 1 aromatic carbocycles. The fourth-order valence-electron chi connectivity index (χ4n) is 2.89. The summed E-state index contributed by atoms with van der Waals surface area (Å²) in [7, 11) is 3.23. The molecule has 1 aliphatic rings. The second kappa shape index (κ2) is 7.82. The van der Waals surface area contributed by atoms with E-state index >= 15 is 0 Å². The highest BCUT2D eigenvalue weighted by atomic mass is 16.5. The lowest BCUT2D eigenvalue weighted by atomic mass is 10.0. The van der Waals surface area contributed by atoms with Gasteiger partial charge in [-0.15, -0.1) is 0 Å². The molecule has 3 N–H and O–H groups in total. The van der Waals surface area contributed by atoms with Crippen LogP contribution in [0.1, 0.15) is 24.4 Å². The van der Waals surface area contributed by atoms with Crippen molar-refractivity contribution in [1.82, 2.24) is 10.2 Å². The fraction of sp³-hybridized carbons (Fsp3) is 0.500. The number of hydrogen-bond donors (Lipinski definition) is 2. The first kappa shape index (κ1) is 17.1. The summed E-state index contributed by atoms with van der Waals surface area (Å²) in [6.07, 6.45) is 1.95. The second-order valence-electron chi connectivity index (χ2n) is 5.48. The number of carbonyl (C=O) groups excluding carboxylic acids is 2. The van der Waals surface area contributed by atoms with E-state index < -0.39 is 5.91 Å². The van der Waals surface area contributed by atoms with Gasteiger partial charge in [-0.2, -0.15) is 0 Å². The number of ether oxygens (including phenoxy) is 2. The first-order valence-corrected chi connectivity index (χ1v) is 7.56. The first-order chi connectivity index (χ1) is 11.0. The number of amides is 2. The molecule has 2 rings (SSSR count). The van der Waals surface area contributed by atoms with E-state index in [1.54, 1.807) is 14.2 Å². The molecule has 1 saturated heterocycles. The van der Waals surface area contributed by atoms with E-state index in [4.69, 9.17) is 15.2 Å². The summed E-state index contributed by atoms with van der Waals surface area (Å²) in [5.41, 5.74) is 6.07. The van der Waals surface area contributed by atoms with Crippen LogP contribution in [-0.2, 0) is 9.59 Å². The van der Waals surface area contributed by atoms with Crippen molar-refractivity contribution in [2.75, 3.05) is 33.9 Å². The van der Waals surface area contributed by atoms with Crippen LogP contribution in [0.5, 0.6) is 11.5 Å². The Morgan fingerprint density at radius 2 is 2.13 bits per heavy atom. The average molecular weight is 321 g/mol. The number of methoxy groups -OCH3 is 2. The summed E-state index contributed by atoms with van der Waals surface area (Å²) in [4.78, 5) is 24.7. The van der Waals surface area contributed by atoms with Gasteiger partial charge in [0, 0.05) is 17.7 Å². The molecule has 2 amide bonds. The van der Waals surface area contributed by atoms with Gasteiger partial charge in [0.1, 0.15) is 11.5 Å². The Balaban J connectivity index is 2.09. The molecule has 0 unspecified atom stereocenters. The number of primary amides is 1. The van der Waals surface area contributed by atoms with Gasteiger partial charge in [-0.3, -0.25) is 14.5 Å². The lowest BCUT2D eigenvalue weighted by molar-refractivity contribution is -0.125. The molecule has 0 bridgehead atoms. The zero-order valence-corrected chi connectivity index (χ0v) is 13.5. The lowest BCUT2D eigenvalue weighted by Crippen LogP contribution is -2.40. The normalized spacial score (nSPS) is 17.7. The third-order valence-corrected chi connectivity index (χ3v) is 3.97. The smallest absolute Gasteiger partial charge is 0.236 e. The molecule has 1 atom stereocenters. The molecule has 0 radical (unpaired) electrons. The van der Waals surface area contributed by atoms with E-state index in [1.165, 1.54) is 0 Å². The van der Waals surface area contributed by atoms with Crippen LogP contribution in [0, 0.1) is 0 Å². The zero-order chi connectivity index (χ0) is 16.8. The number of nitrogens with two attached hydrogens (primary N) is 1. The van der Waals surface area contributed by atoms with E-state index in [9.17, 15) is 9.59 Å². The van der Waals surface area contributed by atoms with Crippen molar-refractivity contribution in [2.45, 2.75) is 18.9 Å². The molecule has 7 heteroatoms. The maximum absolute atomic E-state index is 11.9. The number of carbonyl (C=O) groups is 2. The first-order valence-electron chi connectivity index (χ1n) is 7.56. The maximum Gasteiger partial charge on any atom is 0.236 e. The van der Waals surface area contributed by atoms with E-state index in [0.29, 0.717) is 0 Å². The summed E-state index contributed by atoms with van der Waals surface area (Å²) in [5.74, 6) is 0.726. The largest absolute Gasteiger partial charge is 0.497 e. The molecule has 1 fully saturated rings. The zero-order valence-electron chi connectivity index (χ0n) is 13.5. The molecule has 23 heavy (non-hydrogen) atoms. The highest BCUT2D eigenvalue weighted by molar-refractivity contribution is 5.84. The number of nitrogens with one attached hydrogen (secondary N) is 1. The van der Waals surface area contributed by atoms with Gasteiger partial charge in [0.05, 0.1) is 27.3 Å². The topological polar surface area (TPSA) is 93.9 Å². The molecule has 7 nitrogen and oxygen atoms in total. The van der Waals surface area contributed by atoms with Gasteiger partial charge < -0.3 is 20.5 Å². The SMILES string of the molecule is COc1ccc([C@@H]2CCCN2CC(=O)NCC(N)=O)c(OC)c1. The van der Waals surface area contributed by atoms with E-state index in [1.807, 2.05) is 18.2 Å². The molecule has 126 valence electrons. The summed E-state index contributed by atoms with van der Waals surface area (Å²) < 4.78 is 10.7. The average Bonchev–Trinajstić information content (AvgIpc) is 3.00. The van der Waals surface area contributed by atoms with Crippen LogP contribution >= 0.6 is 0 Å². The number of benzene rings is 1. The highest BCUT2D eigenvalue weighted by Gasteiger charge is 2.29. The summed E-state index contributed by atoms with van der Waals surface area (Å²) in [5, 5.41) is 2.52. The van der Waals surface area contributed by atoms with Gasteiger partial charge in [-0.05, 0) is 25.5 Å². The van der Waals surface area contributed by atoms with Crippen LogP contribution in [0.4, 0.5) is 0 Å². The Bertz CT molecular complexity index is 576. The Labute approximate surface area is 135 Å². The third kappa shape index (κ3) is 4.35. The molecular weight excluding hydrogens is 298 g/mol. The van der Waals surface area contributed by atoms with Crippen LogP contribution in [-0.4, -0.2) is 50.6 Å². The minimum absolute atomic E-state index is 0.107. The summed E-state index contributed by atoms with van der Waals surface area (Å²) in [6, 6.07) is 5.82. The molecule has 0 saturated carbocycles. The van der Waals surface area contributed by atoms with Crippen LogP contribution in [0.25, 0.3) is 0 Å². The molecule has 1 aromatic rings. The van der Waals surface area contributed by atoms with Crippen molar-refractivity contribution in [1.29, 1.82) is 0 Å². The van der Waals surface area contributed by atoms with Crippen molar-refractivity contribution >= 4 is 11.8 Å². The van der Waals surface area contributed by atoms with Gasteiger partial charge in [-0.1, -0.05) is 6.07 Å². The van der Waals surface area contributed by atoms with Crippen LogP contribution in [0.2, 0.25) is 0 Å². The van der Waals surface area contributed by atoms with E-state index in [-0.39, 0.29) is 25.0 Å². The molecule has 0 aliphatic carbocycles. The Morgan fingerprint density at radius 3 is 2.78 bits per heavy atom. The predicted molar refractivity (Wildman–Crippen MR) is 85.3 cm³/mol. The Kier molecular flexibility index (Phi) is 5.81. The predicted octanol–water partition coefficient (Wildman–Crippen LogP) is 0.442. The molecule has 1 heterocycles. The van der Waals surface area contributed by atoms with E-state index in [0.717, 1.165) is 36.4 Å². The van der Waals surface area contributed by atoms with Gasteiger partial charge in [0.25, 0.3) is 0 Å². The number of hydrogen-bond acceptors (Lipinski definition) is 5. The Morgan fingerprint density at radius 1 is 1.35 bits per heavy atom. The second-order valence-corrected chi connectivity index (χ2v) is 5.48. The standard InChI is InChI=1S/C16H23N3O4/c1-22-11-5-6-12(14(8-11)23-2)13-4-3-7-19(13)10-16(21)18-9-15(17)20/h5-6,8,13H,3-4,7,9-10H2,1-2H3,(H2,17,20)(H,18,21)/t13-/m0/s1.